The van der Waals surface area contributed by atoms with Crippen LogP contribution >= 0.6 is 0 Å². The SMILES string of the molecule is O=C(C1CCCN1C(=O)CC1CCC1)N1CCNCC1. The van der Waals surface area contributed by atoms with Crippen molar-refractivity contribution in [3.05, 3.63) is 0 Å². The van der Waals surface area contributed by atoms with Crippen LogP contribution in [0.4, 0.5) is 0 Å². The molecule has 3 fully saturated rings. The molecule has 1 atom stereocenters. The van der Waals surface area contributed by atoms with Crippen molar-refractivity contribution in [1.82, 2.24) is 15.1 Å². The maximum atomic E-state index is 12.6. The summed E-state index contributed by atoms with van der Waals surface area (Å²) in [5, 5.41) is 3.26. The molecule has 1 N–H and O–H groups in total. The van der Waals surface area contributed by atoms with E-state index in [0.717, 1.165) is 45.6 Å². The Labute approximate surface area is 120 Å². The summed E-state index contributed by atoms with van der Waals surface area (Å²) in [6.07, 6.45) is 6.12. The molecule has 2 saturated heterocycles. The van der Waals surface area contributed by atoms with E-state index in [1.54, 1.807) is 0 Å². The summed E-state index contributed by atoms with van der Waals surface area (Å²) in [5.74, 6) is 0.963. The van der Waals surface area contributed by atoms with Gasteiger partial charge in [-0.2, -0.15) is 0 Å². The first-order valence-electron chi connectivity index (χ1n) is 8.04. The molecule has 2 amide bonds. The van der Waals surface area contributed by atoms with Gasteiger partial charge in [0.15, 0.2) is 0 Å². The van der Waals surface area contributed by atoms with E-state index in [9.17, 15) is 9.59 Å². The van der Waals surface area contributed by atoms with E-state index in [2.05, 4.69) is 5.32 Å². The standard InChI is InChI=1S/C15H25N3O2/c19-14(11-12-3-1-4-12)18-8-2-5-13(18)15(20)17-9-6-16-7-10-17/h12-13,16H,1-11H2. The van der Waals surface area contributed by atoms with Crippen LogP contribution in [0.1, 0.15) is 38.5 Å². The van der Waals surface area contributed by atoms with E-state index < -0.39 is 0 Å². The molecular weight excluding hydrogens is 254 g/mol. The summed E-state index contributed by atoms with van der Waals surface area (Å²) in [5.41, 5.74) is 0. The molecule has 2 aliphatic heterocycles. The summed E-state index contributed by atoms with van der Waals surface area (Å²) >= 11 is 0. The Balaban J connectivity index is 1.58. The normalized spacial score (nSPS) is 27.5. The van der Waals surface area contributed by atoms with Crippen molar-refractivity contribution < 1.29 is 9.59 Å². The van der Waals surface area contributed by atoms with Crippen LogP contribution in [0.25, 0.3) is 0 Å². The molecule has 1 saturated carbocycles. The number of amides is 2. The topological polar surface area (TPSA) is 52.7 Å². The summed E-state index contributed by atoms with van der Waals surface area (Å²) < 4.78 is 0. The van der Waals surface area contributed by atoms with Crippen LogP contribution in [0.2, 0.25) is 0 Å². The van der Waals surface area contributed by atoms with Crippen molar-refractivity contribution in [3.8, 4) is 0 Å². The molecule has 5 heteroatoms. The zero-order valence-corrected chi connectivity index (χ0v) is 12.1. The lowest BCUT2D eigenvalue weighted by molar-refractivity contribution is -0.145. The maximum Gasteiger partial charge on any atom is 0.245 e. The van der Waals surface area contributed by atoms with Crippen LogP contribution < -0.4 is 5.32 Å². The largest absolute Gasteiger partial charge is 0.338 e. The lowest BCUT2D eigenvalue weighted by Crippen LogP contribution is -2.53. The monoisotopic (exact) mass is 279 g/mol. The maximum absolute atomic E-state index is 12.6. The van der Waals surface area contributed by atoms with Gasteiger partial charge in [-0.1, -0.05) is 6.42 Å². The van der Waals surface area contributed by atoms with Crippen LogP contribution in [0.15, 0.2) is 0 Å². The smallest absolute Gasteiger partial charge is 0.245 e. The van der Waals surface area contributed by atoms with Crippen LogP contribution in [-0.4, -0.2) is 60.4 Å². The van der Waals surface area contributed by atoms with Crippen molar-refractivity contribution in [2.24, 2.45) is 5.92 Å². The molecule has 0 aromatic heterocycles. The minimum absolute atomic E-state index is 0.172. The first kappa shape index (κ1) is 13.9. The minimum atomic E-state index is -0.180. The van der Waals surface area contributed by atoms with E-state index >= 15 is 0 Å². The van der Waals surface area contributed by atoms with Gasteiger partial charge in [-0.3, -0.25) is 9.59 Å². The van der Waals surface area contributed by atoms with Crippen LogP contribution in [-0.2, 0) is 9.59 Å². The second-order valence-electron chi connectivity index (χ2n) is 6.32. The highest BCUT2D eigenvalue weighted by atomic mass is 16.2. The van der Waals surface area contributed by atoms with Gasteiger partial charge in [-0.15, -0.1) is 0 Å². The molecule has 112 valence electrons. The van der Waals surface area contributed by atoms with Crippen LogP contribution in [0, 0.1) is 5.92 Å². The van der Waals surface area contributed by atoms with Crippen molar-refractivity contribution in [1.29, 1.82) is 0 Å². The van der Waals surface area contributed by atoms with E-state index in [4.69, 9.17) is 0 Å². The third kappa shape index (κ3) is 2.82. The molecule has 3 aliphatic rings. The number of piperazine rings is 1. The van der Waals surface area contributed by atoms with Gasteiger partial charge in [-0.25, -0.2) is 0 Å². The quantitative estimate of drug-likeness (QED) is 0.823. The number of nitrogens with one attached hydrogen (secondary N) is 1. The molecule has 1 aliphatic carbocycles. The average Bonchev–Trinajstić information content (AvgIpc) is 2.92. The number of likely N-dealkylation sites (tertiary alicyclic amines) is 1. The highest BCUT2D eigenvalue weighted by molar-refractivity contribution is 5.88. The van der Waals surface area contributed by atoms with E-state index in [-0.39, 0.29) is 17.9 Å². The van der Waals surface area contributed by atoms with Crippen molar-refractivity contribution >= 4 is 11.8 Å². The first-order chi connectivity index (χ1) is 9.75. The lowest BCUT2D eigenvalue weighted by Gasteiger charge is -2.34. The van der Waals surface area contributed by atoms with E-state index in [1.165, 1.54) is 19.3 Å². The fraction of sp³-hybridized carbons (Fsp3) is 0.867. The molecule has 20 heavy (non-hydrogen) atoms. The first-order valence-corrected chi connectivity index (χ1v) is 8.04. The predicted molar refractivity (Wildman–Crippen MR) is 76.1 cm³/mol. The van der Waals surface area contributed by atoms with Gasteiger partial charge in [-0.05, 0) is 31.6 Å². The number of nitrogens with zero attached hydrogens (tertiary/aromatic N) is 2. The minimum Gasteiger partial charge on any atom is -0.338 e. The zero-order chi connectivity index (χ0) is 13.9. The Kier molecular flexibility index (Phi) is 4.24. The van der Waals surface area contributed by atoms with Gasteiger partial charge in [0, 0.05) is 39.1 Å². The third-order valence-corrected chi connectivity index (χ3v) is 4.97. The van der Waals surface area contributed by atoms with Gasteiger partial charge in [0.1, 0.15) is 6.04 Å². The predicted octanol–water partition coefficient (Wildman–Crippen LogP) is 0.599. The summed E-state index contributed by atoms with van der Waals surface area (Å²) in [6.45, 7) is 4.07. The van der Waals surface area contributed by atoms with Gasteiger partial charge < -0.3 is 15.1 Å². The molecule has 0 spiro atoms. The molecular formula is C15H25N3O2. The van der Waals surface area contributed by atoms with Crippen molar-refractivity contribution in [2.45, 2.75) is 44.6 Å². The molecule has 0 aromatic rings. The third-order valence-electron chi connectivity index (χ3n) is 4.97. The molecule has 3 rings (SSSR count). The number of carbonyl (C=O) groups is 2. The Morgan fingerprint density at radius 2 is 1.75 bits per heavy atom. The Hall–Kier alpha value is -1.10. The highest BCUT2D eigenvalue weighted by Crippen LogP contribution is 2.31. The second-order valence-corrected chi connectivity index (χ2v) is 6.32. The van der Waals surface area contributed by atoms with Gasteiger partial charge >= 0.3 is 0 Å². The van der Waals surface area contributed by atoms with E-state index in [0.29, 0.717) is 12.3 Å². The number of hydrogen-bond acceptors (Lipinski definition) is 3. The van der Waals surface area contributed by atoms with Gasteiger partial charge in [0.05, 0.1) is 0 Å². The average molecular weight is 279 g/mol. The van der Waals surface area contributed by atoms with Crippen molar-refractivity contribution in [3.63, 3.8) is 0 Å². The number of hydrogen-bond donors (Lipinski definition) is 1. The fourth-order valence-corrected chi connectivity index (χ4v) is 3.48. The molecule has 5 nitrogen and oxygen atoms in total. The van der Waals surface area contributed by atoms with Crippen LogP contribution in [0.5, 0.6) is 0 Å². The number of carbonyl (C=O) groups excluding carboxylic acids is 2. The number of rotatable bonds is 3. The Bertz CT molecular complexity index is 375. The summed E-state index contributed by atoms with van der Waals surface area (Å²) in [4.78, 5) is 28.8. The molecule has 0 radical (unpaired) electrons. The Morgan fingerprint density at radius 3 is 2.40 bits per heavy atom. The van der Waals surface area contributed by atoms with Crippen LogP contribution in [0.3, 0.4) is 0 Å². The molecule has 2 heterocycles. The Morgan fingerprint density at radius 1 is 1.00 bits per heavy atom. The fourth-order valence-electron chi connectivity index (χ4n) is 3.48. The highest BCUT2D eigenvalue weighted by Gasteiger charge is 2.37. The summed E-state index contributed by atoms with van der Waals surface area (Å²) in [7, 11) is 0. The van der Waals surface area contributed by atoms with Gasteiger partial charge in [0.25, 0.3) is 0 Å². The van der Waals surface area contributed by atoms with Crippen molar-refractivity contribution in [2.75, 3.05) is 32.7 Å². The second kappa shape index (κ2) is 6.12. The molecule has 0 aromatic carbocycles. The van der Waals surface area contributed by atoms with E-state index in [1.807, 2.05) is 9.80 Å². The molecule has 1 unspecified atom stereocenters. The molecule has 0 bridgehead atoms. The van der Waals surface area contributed by atoms with Gasteiger partial charge in [0.2, 0.25) is 11.8 Å². The zero-order valence-electron chi connectivity index (χ0n) is 12.1. The summed E-state index contributed by atoms with van der Waals surface area (Å²) in [6, 6.07) is -0.180. The lowest BCUT2D eigenvalue weighted by atomic mass is 9.82.